The van der Waals surface area contributed by atoms with E-state index in [9.17, 15) is 9.59 Å². The van der Waals surface area contributed by atoms with Gasteiger partial charge in [0.25, 0.3) is 0 Å². The zero-order valence-corrected chi connectivity index (χ0v) is 19.8. The molecule has 0 amide bonds. The van der Waals surface area contributed by atoms with Gasteiger partial charge < -0.3 is 19.3 Å². The first-order valence-electron chi connectivity index (χ1n) is 10.8. The maximum absolute atomic E-state index is 10.8. The van der Waals surface area contributed by atoms with Crippen LogP contribution < -0.4 is 0 Å². The summed E-state index contributed by atoms with van der Waals surface area (Å²) in [7, 11) is 1.55. The van der Waals surface area contributed by atoms with Crippen LogP contribution >= 0.6 is 0 Å². The first-order valence-corrected chi connectivity index (χ1v) is 10.8. The Balaban J connectivity index is 0. The average Bonchev–Trinajstić information content (AvgIpc) is 2.77. The van der Waals surface area contributed by atoms with Gasteiger partial charge in [-0.05, 0) is 30.2 Å². The Morgan fingerprint density at radius 3 is 1.90 bits per heavy atom. The highest BCUT2D eigenvalue weighted by molar-refractivity contribution is 5.69. The summed E-state index contributed by atoms with van der Waals surface area (Å²) in [5.74, 6) is 0.207. The lowest BCUT2D eigenvalue weighted by Gasteiger charge is -2.09. The molecule has 6 nitrogen and oxygen atoms in total. The smallest absolute Gasteiger partial charge is 0.481 e. The molecular formula is C24H42O6. The molecule has 174 valence electrons. The van der Waals surface area contributed by atoms with E-state index < -0.39 is 12.1 Å². The Kier molecular flexibility index (Phi) is 20.3. The number of carboxylic acid groups (broad SMARTS) is 1. The van der Waals surface area contributed by atoms with Crippen LogP contribution in [0.4, 0.5) is 4.79 Å². The van der Waals surface area contributed by atoms with Crippen molar-refractivity contribution in [2.24, 2.45) is 11.8 Å². The second-order valence-corrected chi connectivity index (χ2v) is 7.28. The predicted octanol–water partition coefficient (Wildman–Crippen LogP) is 6.15. The predicted molar refractivity (Wildman–Crippen MR) is 121 cm³/mol. The third-order valence-electron chi connectivity index (χ3n) is 4.70. The molecule has 0 bridgehead atoms. The number of ether oxygens (including phenoxy) is 3. The average molecular weight is 427 g/mol. The van der Waals surface area contributed by atoms with Crippen molar-refractivity contribution in [2.45, 2.75) is 66.7 Å². The molecule has 3 atom stereocenters. The lowest BCUT2D eigenvalue weighted by atomic mass is 9.99. The van der Waals surface area contributed by atoms with Gasteiger partial charge in [-0.3, -0.25) is 4.79 Å². The molecule has 0 fully saturated rings. The maximum Gasteiger partial charge on any atom is 0.508 e. The molecule has 0 aliphatic carbocycles. The monoisotopic (exact) mass is 426 g/mol. The lowest BCUT2D eigenvalue weighted by molar-refractivity contribution is -0.141. The number of benzene rings is 1. The quantitative estimate of drug-likeness (QED) is 0.357. The van der Waals surface area contributed by atoms with Crippen LogP contribution in [0.25, 0.3) is 0 Å². The van der Waals surface area contributed by atoms with E-state index in [4.69, 9.17) is 19.3 Å². The van der Waals surface area contributed by atoms with Gasteiger partial charge in [-0.1, -0.05) is 78.3 Å². The van der Waals surface area contributed by atoms with Crippen LogP contribution in [0.3, 0.4) is 0 Å². The van der Waals surface area contributed by atoms with Crippen LogP contribution in [0.15, 0.2) is 30.3 Å². The molecule has 0 saturated heterocycles. The van der Waals surface area contributed by atoms with Crippen LogP contribution in [0.1, 0.15) is 72.3 Å². The van der Waals surface area contributed by atoms with E-state index >= 15 is 0 Å². The first-order chi connectivity index (χ1) is 14.2. The van der Waals surface area contributed by atoms with Crippen molar-refractivity contribution in [3.63, 3.8) is 0 Å². The molecule has 0 spiro atoms. The molecule has 0 aliphatic rings. The fraction of sp³-hybridized carbons (Fsp3) is 0.667. The molecule has 0 saturated carbocycles. The van der Waals surface area contributed by atoms with Crippen molar-refractivity contribution in [3.8, 4) is 0 Å². The van der Waals surface area contributed by atoms with Gasteiger partial charge in [0, 0.05) is 7.11 Å². The topological polar surface area (TPSA) is 82.1 Å². The second kappa shape index (κ2) is 20.2. The molecule has 0 heterocycles. The highest BCUT2D eigenvalue weighted by Crippen LogP contribution is 2.16. The Morgan fingerprint density at radius 2 is 1.50 bits per heavy atom. The van der Waals surface area contributed by atoms with Crippen molar-refractivity contribution < 1.29 is 28.9 Å². The van der Waals surface area contributed by atoms with Crippen molar-refractivity contribution in [3.05, 3.63) is 35.9 Å². The summed E-state index contributed by atoms with van der Waals surface area (Å²) in [6, 6.07) is 10.6. The fourth-order valence-corrected chi connectivity index (χ4v) is 1.77. The molecule has 1 N–H and O–H groups in total. The minimum absolute atomic E-state index is 0.181. The molecule has 1 rings (SSSR count). The van der Waals surface area contributed by atoms with Crippen LogP contribution in [0.2, 0.25) is 0 Å². The van der Waals surface area contributed by atoms with E-state index in [1.165, 1.54) is 12.0 Å². The van der Waals surface area contributed by atoms with E-state index in [2.05, 4.69) is 44.2 Å². The number of hydrogen-bond acceptors (Lipinski definition) is 5. The van der Waals surface area contributed by atoms with Crippen LogP contribution in [0.5, 0.6) is 0 Å². The number of hydrogen-bond donors (Lipinski definition) is 1. The lowest BCUT2D eigenvalue weighted by Crippen LogP contribution is -2.15. The van der Waals surface area contributed by atoms with Gasteiger partial charge in [0.15, 0.2) is 0 Å². The first kappa shape index (κ1) is 30.1. The third-order valence-corrected chi connectivity index (χ3v) is 4.70. The summed E-state index contributed by atoms with van der Waals surface area (Å²) in [6.07, 6.45) is 2.32. The Hall–Kier alpha value is -2.08. The van der Waals surface area contributed by atoms with E-state index in [0.717, 1.165) is 12.8 Å². The van der Waals surface area contributed by atoms with Gasteiger partial charge >= 0.3 is 12.1 Å². The minimum Gasteiger partial charge on any atom is -0.481 e. The normalized spacial score (nSPS) is 12.8. The Bertz CT molecular complexity index is 532. The van der Waals surface area contributed by atoms with E-state index in [-0.39, 0.29) is 12.5 Å². The summed E-state index contributed by atoms with van der Waals surface area (Å²) in [5, 5.41) is 8.18. The maximum atomic E-state index is 10.8. The van der Waals surface area contributed by atoms with Gasteiger partial charge in [0.2, 0.25) is 0 Å². The van der Waals surface area contributed by atoms with E-state index in [1.54, 1.807) is 14.0 Å². The zero-order valence-electron chi connectivity index (χ0n) is 19.8. The summed E-state index contributed by atoms with van der Waals surface area (Å²) in [5.41, 5.74) is 1.45. The van der Waals surface area contributed by atoms with Crippen LogP contribution in [-0.4, -0.2) is 44.2 Å². The molecular weight excluding hydrogens is 384 g/mol. The van der Waals surface area contributed by atoms with Gasteiger partial charge in [0.1, 0.15) is 6.61 Å². The standard InChI is InChI=1S/C10H14.C9H18O4.C5H10O2/c1-3-9(2)10-7-5-4-6-8-10;1-4-8(2)7-13-9(10)12-6-5-11-3;1-3-4(2)5(6)7/h4-9H,3H2,1-2H3;8H,4-7H2,1-3H3;4H,3H2,1-2H3,(H,6,7). The number of carboxylic acids is 1. The number of methoxy groups -OCH3 is 1. The largest absolute Gasteiger partial charge is 0.508 e. The van der Waals surface area contributed by atoms with Gasteiger partial charge in [-0.2, -0.15) is 0 Å². The van der Waals surface area contributed by atoms with E-state index in [0.29, 0.717) is 25.0 Å². The van der Waals surface area contributed by atoms with Crippen molar-refractivity contribution in [2.75, 3.05) is 26.9 Å². The SMILES string of the molecule is CCC(C)C(=O)O.CCC(C)COC(=O)OCCOC.CCC(C)c1ccccc1. The Labute approximate surface area is 182 Å². The number of aliphatic carboxylic acids is 1. The number of carbonyl (C=O) groups excluding carboxylic acids is 1. The summed E-state index contributed by atoms with van der Waals surface area (Å²) >= 11 is 0. The van der Waals surface area contributed by atoms with Crippen molar-refractivity contribution >= 4 is 12.1 Å². The molecule has 1 aromatic carbocycles. The minimum atomic E-state index is -0.706. The molecule has 0 aromatic heterocycles. The number of rotatable bonds is 10. The van der Waals surface area contributed by atoms with E-state index in [1.807, 2.05) is 20.8 Å². The second-order valence-electron chi connectivity index (χ2n) is 7.28. The summed E-state index contributed by atoms with van der Waals surface area (Å²) in [6.45, 7) is 13.2. The molecule has 3 unspecified atom stereocenters. The highest BCUT2D eigenvalue weighted by Gasteiger charge is 2.06. The van der Waals surface area contributed by atoms with Crippen LogP contribution in [0, 0.1) is 11.8 Å². The van der Waals surface area contributed by atoms with Crippen molar-refractivity contribution in [1.29, 1.82) is 0 Å². The fourth-order valence-electron chi connectivity index (χ4n) is 1.77. The summed E-state index contributed by atoms with van der Waals surface area (Å²) < 4.78 is 14.2. The van der Waals surface area contributed by atoms with Crippen LogP contribution in [-0.2, 0) is 19.0 Å². The Morgan fingerprint density at radius 1 is 0.900 bits per heavy atom. The summed E-state index contributed by atoms with van der Waals surface area (Å²) in [4.78, 5) is 20.8. The molecule has 6 heteroatoms. The highest BCUT2D eigenvalue weighted by atomic mass is 16.7. The molecule has 0 radical (unpaired) electrons. The van der Waals surface area contributed by atoms with Gasteiger partial charge in [-0.15, -0.1) is 0 Å². The molecule has 1 aromatic rings. The molecule has 30 heavy (non-hydrogen) atoms. The zero-order chi connectivity index (χ0) is 23.4. The molecule has 0 aliphatic heterocycles. The van der Waals surface area contributed by atoms with Gasteiger partial charge in [0.05, 0.1) is 19.1 Å². The number of carbonyl (C=O) groups is 2. The van der Waals surface area contributed by atoms with Crippen molar-refractivity contribution in [1.82, 2.24) is 0 Å². The van der Waals surface area contributed by atoms with Gasteiger partial charge in [-0.25, -0.2) is 4.79 Å². The third kappa shape index (κ3) is 18.0.